The van der Waals surface area contributed by atoms with E-state index in [0.29, 0.717) is 17.2 Å². The number of nitrogens with zero attached hydrogens (tertiary/aromatic N) is 1. The Hall–Kier alpha value is -2.80. The Kier molecular flexibility index (Phi) is 6.05. The molecule has 0 aliphatic rings. The number of carbonyl (C=O) groups excluding carboxylic acids is 1. The zero-order valence-corrected chi connectivity index (χ0v) is 15.6. The lowest BCUT2D eigenvalue weighted by molar-refractivity contribution is 0.0782. The molecule has 0 atom stereocenters. The maximum absolute atomic E-state index is 12.6. The van der Waals surface area contributed by atoms with Gasteiger partial charge in [-0.05, 0) is 23.8 Å². The van der Waals surface area contributed by atoms with Gasteiger partial charge in [0.15, 0.2) is 11.5 Å². The monoisotopic (exact) mass is 381 g/mol. The molecule has 0 aromatic heterocycles. The minimum atomic E-state index is -0.460. The van der Waals surface area contributed by atoms with Gasteiger partial charge in [-0.25, -0.2) is 0 Å². The smallest absolute Gasteiger partial charge is 0.257 e. The summed E-state index contributed by atoms with van der Waals surface area (Å²) in [5.74, 6) is 0.284. The minimum absolute atomic E-state index is 0.0114. The Morgan fingerprint density at radius 3 is 2.08 bits per heavy atom. The quantitative estimate of drug-likeness (QED) is 0.799. The molecule has 0 saturated heterocycles. The number of phenols is 2. The van der Waals surface area contributed by atoms with Crippen LogP contribution in [0.1, 0.15) is 15.9 Å². The third kappa shape index (κ3) is 3.88. The molecular formula is C18H20ClNO6. The highest BCUT2D eigenvalue weighted by Gasteiger charge is 2.20. The van der Waals surface area contributed by atoms with E-state index in [4.69, 9.17) is 25.8 Å². The Morgan fingerprint density at radius 1 is 1.00 bits per heavy atom. The molecule has 0 radical (unpaired) electrons. The van der Waals surface area contributed by atoms with E-state index in [9.17, 15) is 15.0 Å². The van der Waals surface area contributed by atoms with Gasteiger partial charge >= 0.3 is 0 Å². The number of phenolic OH excluding ortho intramolecular Hbond substituents is 2. The number of halogens is 1. The third-order valence-corrected chi connectivity index (χ3v) is 4.09. The largest absolute Gasteiger partial charge is 0.507 e. The average molecular weight is 382 g/mol. The maximum atomic E-state index is 12.6. The SMILES string of the molecule is COc1cc(CN(C)C(=O)c2cc(Cl)c(O)cc2O)cc(OC)c1OC. The summed E-state index contributed by atoms with van der Waals surface area (Å²) in [7, 11) is 6.09. The van der Waals surface area contributed by atoms with Crippen LogP contribution in [-0.2, 0) is 6.54 Å². The zero-order chi connectivity index (χ0) is 19.4. The molecule has 8 heteroatoms. The van der Waals surface area contributed by atoms with Crippen molar-refractivity contribution in [1.82, 2.24) is 4.90 Å². The summed E-state index contributed by atoms with van der Waals surface area (Å²) in [5, 5.41) is 19.4. The van der Waals surface area contributed by atoms with Crippen molar-refractivity contribution in [2.24, 2.45) is 0 Å². The van der Waals surface area contributed by atoms with Gasteiger partial charge in [-0.15, -0.1) is 0 Å². The van der Waals surface area contributed by atoms with Crippen molar-refractivity contribution in [1.29, 1.82) is 0 Å². The molecule has 0 heterocycles. The summed E-state index contributed by atoms with van der Waals surface area (Å²) < 4.78 is 15.9. The predicted molar refractivity (Wildman–Crippen MR) is 96.7 cm³/mol. The number of amides is 1. The van der Waals surface area contributed by atoms with Gasteiger partial charge < -0.3 is 29.3 Å². The lowest BCUT2D eigenvalue weighted by atomic mass is 10.1. The first-order valence-electron chi connectivity index (χ1n) is 7.58. The molecule has 0 bridgehead atoms. The molecule has 0 saturated carbocycles. The molecule has 2 rings (SSSR count). The molecule has 0 unspecified atom stereocenters. The van der Waals surface area contributed by atoms with Crippen LogP contribution in [0.2, 0.25) is 5.02 Å². The number of aromatic hydroxyl groups is 2. The molecular weight excluding hydrogens is 362 g/mol. The van der Waals surface area contributed by atoms with Gasteiger partial charge in [0.05, 0.1) is 31.9 Å². The standard InChI is InChI=1S/C18H20ClNO6/c1-20(18(23)11-7-12(19)14(22)8-13(11)21)9-10-5-15(24-2)17(26-4)16(6-10)25-3/h5-8,21-22H,9H2,1-4H3. The fourth-order valence-electron chi connectivity index (χ4n) is 2.50. The van der Waals surface area contributed by atoms with E-state index >= 15 is 0 Å². The summed E-state index contributed by atoms with van der Waals surface area (Å²) in [6.45, 7) is 0.216. The van der Waals surface area contributed by atoms with Crippen molar-refractivity contribution >= 4 is 17.5 Å². The first-order chi connectivity index (χ1) is 12.3. The van der Waals surface area contributed by atoms with E-state index in [0.717, 1.165) is 11.6 Å². The third-order valence-electron chi connectivity index (χ3n) is 3.79. The van der Waals surface area contributed by atoms with E-state index in [1.807, 2.05) is 0 Å². The van der Waals surface area contributed by atoms with Crippen LogP contribution < -0.4 is 14.2 Å². The molecule has 2 aromatic rings. The van der Waals surface area contributed by atoms with Crippen LogP contribution >= 0.6 is 11.6 Å². The van der Waals surface area contributed by atoms with Crippen molar-refractivity contribution in [3.63, 3.8) is 0 Å². The lowest BCUT2D eigenvalue weighted by Gasteiger charge is -2.20. The van der Waals surface area contributed by atoms with E-state index < -0.39 is 5.91 Å². The van der Waals surface area contributed by atoms with Crippen molar-refractivity contribution in [2.75, 3.05) is 28.4 Å². The maximum Gasteiger partial charge on any atom is 0.257 e. The van der Waals surface area contributed by atoms with E-state index in [-0.39, 0.29) is 28.6 Å². The fourth-order valence-corrected chi connectivity index (χ4v) is 2.66. The number of ether oxygens (including phenoxy) is 3. The van der Waals surface area contributed by atoms with Crippen LogP contribution in [0.25, 0.3) is 0 Å². The van der Waals surface area contributed by atoms with Crippen LogP contribution in [0.15, 0.2) is 24.3 Å². The summed E-state index contributed by atoms with van der Waals surface area (Å²) in [5.41, 5.74) is 0.724. The highest BCUT2D eigenvalue weighted by atomic mass is 35.5. The summed E-state index contributed by atoms with van der Waals surface area (Å²) in [4.78, 5) is 14.0. The predicted octanol–water partition coefficient (Wildman–Crippen LogP) is 3.05. The van der Waals surface area contributed by atoms with E-state index in [2.05, 4.69) is 0 Å². The van der Waals surface area contributed by atoms with Crippen molar-refractivity contribution in [3.8, 4) is 28.7 Å². The van der Waals surface area contributed by atoms with Crippen LogP contribution in [-0.4, -0.2) is 49.4 Å². The van der Waals surface area contributed by atoms with E-state index in [1.54, 1.807) is 19.2 Å². The number of hydrogen-bond acceptors (Lipinski definition) is 6. The second-order valence-corrected chi connectivity index (χ2v) is 5.92. The van der Waals surface area contributed by atoms with E-state index in [1.165, 1.54) is 32.3 Å². The molecule has 0 fully saturated rings. The van der Waals surface area contributed by atoms with Gasteiger partial charge in [-0.2, -0.15) is 0 Å². The Morgan fingerprint density at radius 2 is 1.58 bits per heavy atom. The molecule has 0 aliphatic carbocycles. The number of methoxy groups -OCH3 is 3. The second kappa shape index (κ2) is 8.05. The Labute approximate surface area is 156 Å². The summed E-state index contributed by atoms with van der Waals surface area (Å²) in [6.07, 6.45) is 0. The van der Waals surface area contributed by atoms with Crippen molar-refractivity contribution in [2.45, 2.75) is 6.54 Å². The summed E-state index contributed by atoms with van der Waals surface area (Å²) >= 11 is 5.83. The number of benzene rings is 2. The second-order valence-electron chi connectivity index (χ2n) is 5.52. The molecule has 0 aliphatic heterocycles. The molecule has 7 nitrogen and oxygen atoms in total. The van der Waals surface area contributed by atoms with Crippen LogP contribution in [0.5, 0.6) is 28.7 Å². The molecule has 0 spiro atoms. The van der Waals surface area contributed by atoms with Gasteiger partial charge in [0.2, 0.25) is 5.75 Å². The van der Waals surface area contributed by atoms with Crippen LogP contribution in [0, 0.1) is 0 Å². The first-order valence-corrected chi connectivity index (χ1v) is 7.96. The fraction of sp³-hybridized carbons (Fsp3) is 0.278. The average Bonchev–Trinajstić information content (AvgIpc) is 2.63. The lowest BCUT2D eigenvalue weighted by Crippen LogP contribution is -2.26. The summed E-state index contributed by atoms with van der Waals surface area (Å²) in [6, 6.07) is 5.71. The zero-order valence-electron chi connectivity index (χ0n) is 14.9. The highest BCUT2D eigenvalue weighted by molar-refractivity contribution is 6.32. The van der Waals surface area contributed by atoms with Crippen LogP contribution in [0.3, 0.4) is 0 Å². The molecule has 26 heavy (non-hydrogen) atoms. The molecule has 2 N–H and O–H groups in total. The van der Waals surface area contributed by atoms with Gasteiger partial charge in [0.25, 0.3) is 5.91 Å². The highest BCUT2D eigenvalue weighted by Crippen LogP contribution is 2.38. The number of hydrogen-bond donors (Lipinski definition) is 2. The van der Waals surface area contributed by atoms with Gasteiger partial charge in [-0.1, -0.05) is 11.6 Å². The molecule has 1 amide bonds. The number of rotatable bonds is 6. The van der Waals surface area contributed by atoms with Crippen molar-refractivity contribution in [3.05, 3.63) is 40.4 Å². The topological polar surface area (TPSA) is 88.5 Å². The number of carbonyl (C=O) groups is 1. The first kappa shape index (κ1) is 19.5. The normalized spacial score (nSPS) is 10.3. The Balaban J connectivity index is 2.31. The van der Waals surface area contributed by atoms with Gasteiger partial charge in [-0.3, -0.25) is 4.79 Å². The minimum Gasteiger partial charge on any atom is -0.507 e. The van der Waals surface area contributed by atoms with Crippen LogP contribution in [0.4, 0.5) is 0 Å². The van der Waals surface area contributed by atoms with Crippen molar-refractivity contribution < 1.29 is 29.2 Å². The molecule has 2 aromatic carbocycles. The van der Waals surface area contributed by atoms with Gasteiger partial charge in [0.1, 0.15) is 11.5 Å². The van der Waals surface area contributed by atoms with Gasteiger partial charge in [0, 0.05) is 19.7 Å². The Bertz CT molecular complexity index is 799. The molecule has 140 valence electrons.